The topological polar surface area (TPSA) is 46.1 Å². The van der Waals surface area contributed by atoms with Gasteiger partial charge in [-0.05, 0) is 65.2 Å². The average Bonchev–Trinajstić information content (AvgIpc) is 1.55. The van der Waals surface area contributed by atoms with Crippen LogP contribution in [0.3, 0.4) is 0 Å². The van der Waals surface area contributed by atoms with Crippen LogP contribution in [-0.4, -0.2) is 16.1 Å². The Kier molecular flexibility index (Phi) is 21.8. The van der Waals surface area contributed by atoms with Crippen molar-refractivity contribution in [3.63, 3.8) is 0 Å². The number of rotatable bonds is 3. The Morgan fingerprint density at radius 1 is 0.472 bits per heavy atom. The van der Waals surface area contributed by atoms with E-state index in [1.54, 1.807) is 91.6 Å². The number of hydrogen-bond acceptors (Lipinski definition) is 4. The molecule has 0 spiro atoms. The smallest absolute Gasteiger partial charge is 0.106 e. The van der Waals surface area contributed by atoms with E-state index in [1.807, 2.05) is 22.5 Å². The van der Waals surface area contributed by atoms with Crippen molar-refractivity contribution in [3.05, 3.63) is 242 Å². The molecule has 89 heavy (non-hydrogen) atoms. The number of halogens is 1. The first-order valence-corrected chi connectivity index (χ1v) is 42.4. The summed E-state index contributed by atoms with van der Waals surface area (Å²) >= 11 is 7.29. The average molecular weight is 1430 g/mol. The van der Waals surface area contributed by atoms with E-state index < -0.39 is 16.1 Å². The fourth-order valence-corrected chi connectivity index (χ4v) is 26.9. The Balaban J connectivity index is 0.000000138. The zero-order valence-electron chi connectivity index (χ0n) is 56.7. The van der Waals surface area contributed by atoms with Crippen LogP contribution in [0.5, 0.6) is 11.5 Å². The SMILES string of the molecule is CC(C)(C)c1ccc([O-])c(C(C)(C)C)c1.CC(C)(C)c1ccc([O-])c(C(C)(C)C)c1.CC1=Cc2c(-c3ccccc3)cccc2[CH]1[Zr].CC1=Cc2c(ccc3ccccc23)[CH]1[Zr].CCC1=C2C3C(=CC=C3[Si]2(C)C)S1.CCC1=C2C3C(=CC=C3[Si]2(C)C)S1.[Cl-]. The summed E-state index contributed by atoms with van der Waals surface area (Å²) < 4.78 is 1.33. The number of benzene rings is 6. The molecule has 14 rings (SSSR count). The van der Waals surface area contributed by atoms with E-state index in [-0.39, 0.29) is 45.6 Å². The molecule has 4 aliphatic carbocycles. The van der Waals surface area contributed by atoms with E-state index in [0.717, 1.165) is 23.0 Å². The molecule has 4 aliphatic heterocycles. The van der Waals surface area contributed by atoms with Crippen LogP contribution < -0.4 is 22.6 Å². The summed E-state index contributed by atoms with van der Waals surface area (Å²) in [6, 6.07) is 41.9. The van der Waals surface area contributed by atoms with Gasteiger partial charge in [0.2, 0.25) is 0 Å². The van der Waals surface area contributed by atoms with Crippen molar-refractivity contribution in [2.24, 2.45) is 11.8 Å². The van der Waals surface area contributed by atoms with Gasteiger partial charge in [0, 0.05) is 11.8 Å². The van der Waals surface area contributed by atoms with Crippen molar-refractivity contribution in [1.29, 1.82) is 0 Å². The maximum Gasteiger partial charge on any atom is 0.106 e. The second kappa shape index (κ2) is 27.3. The Morgan fingerprint density at radius 2 is 0.899 bits per heavy atom. The summed E-state index contributed by atoms with van der Waals surface area (Å²) in [6.07, 6.45) is 16.7. The quantitative estimate of drug-likeness (QED) is 0.166. The first kappa shape index (κ1) is 71.1. The van der Waals surface area contributed by atoms with Gasteiger partial charge in [-0.15, -0.1) is 11.5 Å². The first-order valence-electron chi connectivity index (χ1n) is 31.9. The maximum absolute atomic E-state index is 11.7. The monoisotopic (exact) mass is 1420 g/mol. The molecule has 4 heterocycles. The molecule has 0 amide bonds. The van der Waals surface area contributed by atoms with Gasteiger partial charge in [-0.25, -0.2) is 0 Å². The van der Waals surface area contributed by atoms with E-state index in [0.29, 0.717) is 7.25 Å². The second-order valence-corrected chi connectivity index (χ2v) is 44.0. The largest absolute Gasteiger partial charge is 1.00 e. The molecule has 2 saturated heterocycles. The Bertz CT molecular complexity index is 3810. The van der Waals surface area contributed by atoms with Crippen LogP contribution in [0, 0.1) is 11.8 Å². The summed E-state index contributed by atoms with van der Waals surface area (Å²) in [7, 11) is -2.17. The molecule has 0 bridgehead atoms. The van der Waals surface area contributed by atoms with Crippen LogP contribution in [0.4, 0.5) is 0 Å². The fourth-order valence-electron chi connectivity index (χ4n) is 13.6. The summed E-state index contributed by atoms with van der Waals surface area (Å²) in [5.74, 6) is 1.88. The van der Waals surface area contributed by atoms with E-state index in [4.69, 9.17) is 0 Å². The Morgan fingerprint density at radius 3 is 1.34 bits per heavy atom. The zero-order chi connectivity index (χ0) is 64.4. The number of allylic oxidation sites excluding steroid dienone is 14. The molecule has 4 atom stereocenters. The van der Waals surface area contributed by atoms with Crippen LogP contribution in [0.25, 0.3) is 34.1 Å². The zero-order valence-corrected chi connectivity index (χ0v) is 66.1. The minimum atomic E-state index is -1.08. The predicted molar refractivity (Wildman–Crippen MR) is 379 cm³/mol. The molecule has 0 aromatic heterocycles. The minimum absolute atomic E-state index is 0. The summed E-state index contributed by atoms with van der Waals surface area (Å²) in [5.41, 5.74) is 15.9. The Hall–Kier alpha value is -3.71. The van der Waals surface area contributed by atoms with Crippen molar-refractivity contribution in [2.75, 3.05) is 0 Å². The van der Waals surface area contributed by atoms with Gasteiger partial charge in [-0.1, -0.05) is 239 Å². The third kappa shape index (κ3) is 14.5. The van der Waals surface area contributed by atoms with Gasteiger partial charge in [-0.2, -0.15) is 0 Å². The number of hydrogen-bond donors (Lipinski definition) is 0. The molecular formula is C80H94ClO2S2Si2Zr2-3. The molecule has 0 N–H and O–H groups in total. The van der Waals surface area contributed by atoms with Crippen molar-refractivity contribution in [1.82, 2.24) is 0 Å². The normalized spacial score (nSPS) is 20.5. The second-order valence-electron chi connectivity index (χ2n) is 30.1. The van der Waals surface area contributed by atoms with Crippen molar-refractivity contribution >= 4 is 62.6 Å². The van der Waals surface area contributed by atoms with Crippen molar-refractivity contribution < 1.29 is 72.1 Å². The number of thioether (sulfide) groups is 2. The van der Waals surface area contributed by atoms with Gasteiger partial charge in [0.05, 0.1) is 0 Å². The molecule has 4 unspecified atom stereocenters. The van der Waals surface area contributed by atoms with Gasteiger partial charge < -0.3 is 22.6 Å². The Labute approximate surface area is 583 Å². The van der Waals surface area contributed by atoms with E-state index in [2.05, 4.69) is 294 Å². The van der Waals surface area contributed by atoms with Gasteiger partial charge in [0.1, 0.15) is 16.1 Å². The van der Waals surface area contributed by atoms with Gasteiger partial charge >= 0.3 is 223 Å². The summed E-state index contributed by atoms with van der Waals surface area (Å²) in [6.45, 7) is 44.6. The summed E-state index contributed by atoms with van der Waals surface area (Å²) in [4.78, 5) is 6.64. The van der Waals surface area contributed by atoms with Crippen LogP contribution in [0.1, 0.15) is 175 Å². The molecule has 8 aliphatic rings. The maximum atomic E-state index is 11.7. The molecule has 0 radical (unpaired) electrons. The van der Waals surface area contributed by atoms with Crippen LogP contribution in [0.2, 0.25) is 26.2 Å². The van der Waals surface area contributed by atoms with E-state index in [1.165, 1.54) is 79.3 Å². The van der Waals surface area contributed by atoms with Crippen molar-refractivity contribution in [3.8, 4) is 22.6 Å². The molecule has 2 fully saturated rings. The molecular weight excluding hydrogens is 1330 g/mol. The van der Waals surface area contributed by atoms with Gasteiger partial charge in [-0.3, -0.25) is 0 Å². The van der Waals surface area contributed by atoms with Crippen LogP contribution in [-0.2, 0) is 71.1 Å². The predicted octanol–water partition coefficient (Wildman–Crippen LogP) is 19.2. The third-order valence-corrected chi connectivity index (χ3v) is 33.5. The number of fused-ring (bicyclic) bond motifs is 4. The van der Waals surface area contributed by atoms with Crippen LogP contribution in [0.15, 0.2) is 197 Å². The standard InChI is InChI=1S/C16H13.2C14H22O.C14H11.2C11H14SSi.ClH.2Zr/c1-12-10-14-8-5-9-15(16(14)11-12)13-6-3-2-4-7-13;2*1-13(2,3)10-7-8-12(15)11(9-10)14(4,5)6;1-10-8-12-7-6-11-4-2-3-5-13(11)14(12)9-10;2*1-4-7-11-10-8(12-7)5-6-9(10)13(11,2)3;;;/h2-11H,1H3;2*7-9,15H,1-6H3;2-9H,1H3;2*5-6,10H,4H2,1-3H3;1H;;/p-3. The molecule has 6 aromatic rings. The first-order chi connectivity index (χ1) is 41.1. The van der Waals surface area contributed by atoms with Gasteiger partial charge in [0.15, 0.2) is 0 Å². The molecule has 9 heteroatoms. The van der Waals surface area contributed by atoms with Gasteiger partial charge in [0.25, 0.3) is 0 Å². The third-order valence-electron chi connectivity index (χ3n) is 19.0. The molecule has 2 nitrogen and oxygen atoms in total. The molecule has 464 valence electrons. The minimum Gasteiger partial charge on any atom is -1.00 e. The van der Waals surface area contributed by atoms with Crippen molar-refractivity contribution in [2.45, 2.75) is 179 Å². The van der Waals surface area contributed by atoms with E-state index >= 15 is 0 Å². The fraction of sp³-hybridized carbons (Fsp3) is 0.375. The molecule has 0 saturated carbocycles. The van der Waals surface area contributed by atoms with Crippen LogP contribution >= 0.6 is 23.5 Å². The van der Waals surface area contributed by atoms with E-state index in [9.17, 15) is 10.2 Å². The summed E-state index contributed by atoms with van der Waals surface area (Å²) in [5, 5.41) is 33.5. The molecule has 6 aromatic carbocycles.